The Hall–Kier alpha value is -3.02. The van der Waals surface area contributed by atoms with Crippen molar-refractivity contribution in [2.45, 2.75) is 19.9 Å². The third-order valence-corrected chi connectivity index (χ3v) is 3.33. The van der Waals surface area contributed by atoms with Gasteiger partial charge in [0.15, 0.2) is 6.61 Å². The lowest BCUT2D eigenvalue weighted by Gasteiger charge is -2.15. The van der Waals surface area contributed by atoms with E-state index in [-0.39, 0.29) is 11.9 Å². The van der Waals surface area contributed by atoms with Gasteiger partial charge in [0.2, 0.25) is 0 Å². The number of carbonyl (C=O) groups is 2. The van der Waals surface area contributed by atoms with E-state index in [2.05, 4.69) is 5.32 Å². The van der Waals surface area contributed by atoms with Crippen LogP contribution in [0.2, 0.25) is 0 Å². The molecule has 132 valence electrons. The van der Waals surface area contributed by atoms with Crippen LogP contribution in [0.25, 0.3) is 0 Å². The Labute approximate surface area is 146 Å². The van der Waals surface area contributed by atoms with Crippen LogP contribution in [0.4, 0.5) is 0 Å². The number of aliphatic carboxylic acids is 1. The van der Waals surface area contributed by atoms with Crippen molar-refractivity contribution >= 4 is 11.9 Å². The van der Waals surface area contributed by atoms with E-state index in [0.717, 1.165) is 11.3 Å². The van der Waals surface area contributed by atoms with E-state index >= 15 is 0 Å². The largest absolute Gasteiger partial charge is 0.491 e. The summed E-state index contributed by atoms with van der Waals surface area (Å²) >= 11 is 0. The van der Waals surface area contributed by atoms with Gasteiger partial charge in [-0.15, -0.1) is 0 Å². The number of nitrogens with one attached hydrogen (secondary N) is 1. The summed E-state index contributed by atoms with van der Waals surface area (Å²) in [6.45, 7) is 3.71. The standard InChI is InChI=1S/C19H21NO5/c1-13-5-3-7-16(9-13)24-11-14(2)20-19(23)15-6-4-8-17(10-15)25-12-18(21)22/h3-10,14H,11-12H2,1-2H3,(H,20,23)(H,21,22). The zero-order valence-electron chi connectivity index (χ0n) is 14.2. The molecule has 2 aromatic rings. The van der Waals surface area contributed by atoms with Crippen LogP contribution in [0.3, 0.4) is 0 Å². The highest BCUT2D eigenvalue weighted by atomic mass is 16.5. The van der Waals surface area contributed by atoms with Gasteiger partial charge in [-0.05, 0) is 49.7 Å². The first-order chi connectivity index (χ1) is 11.9. The number of carboxylic acids is 1. The third kappa shape index (κ3) is 6.18. The van der Waals surface area contributed by atoms with Gasteiger partial charge in [0, 0.05) is 5.56 Å². The zero-order valence-corrected chi connectivity index (χ0v) is 14.2. The molecule has 0 radical (unpaired) electrons. The van der Waals surface area contributed by atoms with Crippen molar-refractivity contribution < 1.29 is 24.2 Å². The molecule has 25 heavy (non-hydrogen) atoms. The van der Waals surface area contributed by atoms with Gasteiger partial charge < -0.3 is 19.9 Å². The SMILES string of the molecule is Cc1cccc(OCC(C)NC(=O)c2cccc(OCC(=O)O)c2)c1. The molecule has 2 rings (SSSR count). The van der Waals surface area contributed by atoms with E-state index in [1.165, 1.54) is 6.07 Å². The van der Waals surface area contributed by atoms with Gasteiger partial charge in [-0.1, -0.05) is 18.2 Å². The van der Waals surface area contributed by atoms with Crippen LogP contribution >= 0.6 is 0 Å². The van der Waals surface area contributed by atoms with E-state index in [0.29, 0.717) is 17.9 Å². The molecule has 0 heterocycles. The van der Waals surface area contributed by atoms with Gasteiger partial charge >= 0.3 is 5.97 Å². The molecular weight excluding hydrogens is 322 g/mol. The summed E-state index contributed by atoms with van der Waals surface area (Å²) in [6.07, 6.45) is 0. The second-order valence-corrected chi connectivity index (χ2v) is 5.71. The Bertz CT molecular complexity index is 744. The number of ether oxygens (including phenoxy) is 2. The topological polar surface area (TPSA) is 84.9 Å². The van der Waals surface area contributed by atoms with Gasteiger partial charge in [-0.2, -0.15) is 0 Å². The Morgan fingerprint density at radius 1 is 1.08 bits per heavy atom. The van der Waals surface area contributed by atoms with Crippen LogP contribution in [-0.2, 0) is 4.79 Å². The Kier molecular flexibility index (Phi) is 6.39. The molecule has 0 saturated heterocycles. The van der Waals surface area contributed by atoms with Crippen LogP contribution in [-0.4, -0.2) is 36.2 Å². The first kappa shape index (κ1) is 18.3. The van der Waals surface area contributed by atoms with E-state index in [1.807, 2.05) is 38.1 Å². The summed E-state index contributed by atoms with van der Waals surface area (Å²) in [6, 6.07) is 13.9. The number of hydrogen-bond acceptors (Lipinski definition) is 4. The normalized spacial score (nSPS) is 11.4. The lowest BCUT2D eigenvalue weighted by molar-refractivity contribution is -0.139. The van der Waals surface area contributed by atoms with Crippen molar-refractivity contribution in [3.8, 4) is 11.5 Å². The fourth-order valence-electron chi connectivity index (χ4n) is 2.15. The number of carboxylic acid groups (broad SMARTS) is 1. The summed E-state index contributed by atoms with van der Waals surface area (Å²) in [5.41, 5.74) is 1.50. The van der Waals surface area contributed by atoms with Gasteiger partial charge in [0.1, 0.15) is 18.1 Å². The van der Waals surface area contributed by atoms with E-state index < -0.39 is 12.6 Å². The lowest BCUT2D eigenvalue weighted by Crippen LogP contribution is -2.36. The minimum absolute atomic E-state index is 0.198. The molecule has 0 spiro atoms. The number of amides is 1. The number of aryl methyl sites for hydroxylation is 1. The monoisotopic (exact) mass is 343 g/mol. The molecule has 2 N–H and O–H groups in total. The summed E-state index contributed by atoms with van der Waals surface area (Å²) in [7, 11) is 0. The average molecular weight is 343 g/mol. The van der Waals surface area contributed by atoms with Crippen LogP contribution in [0.15, 0.2) is 48.5 Å². The molecule has 2 aromatic carbocycles. The Morgan fingerprint density at radius 2 is 1.76 bits per heavy atom. The molecule has 0 saturated carbocycles. The molecule has 1 amide bonds. The number of carbonyl (C=O) groups excluding carboxylic acids is 1. The zero-order chi connectivity index (χ0) is 18.2. The third-order valence-electron chi connectivity index (χ3n) is 3.33. The van der Waals surface area contributed by atoms with Gasteiger partial charge in [0.05, 0.1) is 6.04 Å². The maximum absolute atomic E-state index is 12.3. The number of rotatable bonds is 8. The molecule has 0 aliphatic rings. The fourth-order valence-corrected chi connectivity index (χ4v) is 2.15. The highest BCUT2D eigenvalue weighted by Crippen LogP contribution is 2.14. The predicted octanol–water partition coefficient (Wildman–Crippen LogP) is 2.66. The molecule has 1 unspecified atom stereocenters. The first-order valence-electron chi connectivity index (χ1n) is 7.89. The van der Waals surface area contributed by atoms with Gasteiger partial charge in [-0.3, -0.25) is 4.79 Å². The van der Waals surface area contributed by atoms with Crippen molar-refractivity contribution in [2.24, 2.45) is 0 Å². The predicted molar refractivity (Wildman–Crippen MR) is 93.2 cm³/mol. The summed E-state index contributed by atoms with van der Waals surface area (Å²) < 4.78 is 10.7. The van der Waals surface area contributed by atoms with E-state index in [4.69, 9.17) is 14.6 Å². The minimum Gasteiger partial charge on any atom is -0.491 e. The van der Waals surface area contributed by atoms with E-state index in [9.17, 15) is 9.59 Å². The molecule has 1 atom stereocenters. The van der Waals surface area contributed by atoms with Crippen LogP contribution in [0.1, 0.15) is 22.8 Å². The highest BCUT2D eigenvalue weighted by molar-refractivity contribution is 5.94. The maximum Gasteiger partial charge on any atom is 0.341 e. The number of benzene rings is 2. The molecule has 0 bridgehead atoms. The second-order valence-electron chi connectivity index (χ2n) is 5.71. The average Bonchev–Trinajstić information content (AvgIpc) is 2.58. The number of hydrogen-bond donors (Lipinski definition) is 2. The van der Waals surface area contributed by atoms with Crippen LogP contribution < -0.4 is 14.8 Å². The molecule has 0 fully saturated rings. The minimum atomic E-state index is -1.07. The summed E-state index contributed by atoms with van der Waals surface area (Å²) in [4.78, 5) is 22.8. The van der Waals surface area contributed by atoms with Crippen molar-refractivity contribution in [1.82, 2.24) is 5.32 Å². The first-order valence-corrected chi connectivity index (χ1v) is 7.89. The van der Waals surface area contributed by atoms with Crippen molar-refractivity contribution in [2.75, 3.05) is 13.2 Å². The molecule has 6 nitrogen and oxygen atoms in total. The van der Waals surface area contributed by atoms with Crippen molar-refractivity contribution in [1.29, 1.82) is 0 Å². The van der Waals surface area contributed by atoms with Crippen LogP contribution in [0, 0.1) is 6.92 Å². The van der Waals surface area contributed by atoms with E-state index in [1.54, 1.807) is 18.2 Å². The smallest absolute Gasteiger partial charge is 0.341 e. The Balaban J connectivity index is 1.88. The second kappa shape index (κ2) is 8.73. The molecule has 0 aliphatic heterocycles. The summed E-state index contributed by atoms with van der Waals surface area (Å²) in [5, 5.41) is 11.5. The fraction of sp³-hybridized carbons (Fsp3) is 0.263. The van der Waals surface area contributed by atoms with Crippen molar-refractivity contribution in [3.63, 3.8) is 0 Å². The molecule has 6 heteroatoms. The van der Waals surface area contributed by atoms with Gasteiger partial charge in [-0.25, -0.2) is 4.79 Å². The Morgan fingerprint density at radius 3 is 2.44 bits per heavy atom. The maximum atomic E-state index is 12.3. The van der Waals surface area contributed by atoms with Crippen molar-refractivity contribution in [3.05, 3.63) is 59.7 Å². The molecule has 0 aromatic heterocycles. The quantitative estimate of drug-likeness (QED) is 0.770. The lowest BCUT2D eigenvalue weighted by atomic mass is 10.2. The molecular formula is C19H21NO5. The summed E-state index contributed by atoms with van der Waals surface area (Å²) in [5.74, 6) is -0.262. The van der Waals surface area contributed by atoms with Gasteiger partial charge in [0.25, 0.3) is 5.91 Å². The molecule has 0 aliphatic carbocycles. The van der Waals surface area contributed by atoms with Crippen LogP contribution in [0.5, 0.6) is 11.5 Å². The highest BCUT2D eigenvalue weighted by Gasteiger charge is 2.11.